The van der Waals surface area contributed by atoms with Crippen molar-refractivity contribution in [2.75, 3.05) is 26.5 Å². The molecule has 0 saturated heterocycles. The van der Waals surface area contributed by atoms with Crippen molar-refractivity contribution >= 4 is 6.03 Å². The van der Waals surface area contributed by atoms with Crippen LogP contribution in [-0.4, -0.2) is 37.4 Å². The molecule has 6 nitrogen and oxygen atoms in total. The molecular weight excluding hydrogens is 320 g/mol. The number of fused-ring (bicyclic) bond motifs is 2. The molecular formula is C19H20N2O4. The van der Waals surface area contributed by atoms with Crippen LogP contribution in [0, 0.1) is 0 Å². The van der Waals surface area contributed by atoms with Crippen LogP contribution < -0.4 is 19.5 Å². The second kappa shape index (κ2) is 6.93. The lowest BCUT2D eigenvalue weighted by molar-refractivity contribution is 0.173. The van der Waals surface area contributed by atoms with Crippen LogP contribution in [0.25, 0.3) is 0 Å². The number of hydrogen-bond acceptors (Lipinski definition) is 4. The van der Waals surface area contributed by atoms with Crippen molar-refractivity contribution in [2.24, 2.45) is 0 Å². The molecule has 0 aromatic heterocycles. The first-order chi connectivity index (χ1) is 12.3. The molecule has 2 aromatic carbocycles. The smallest absolute Gasteiger partial charge is 0.317 e. The number of carbonyl (C=O) groups excluding carboxylic acids is 1. The molecule has 4 rings (SSSR count). The monoisotopic (exact) mass is 340 g/mol. The van der Waals surface area contributed by atoms with Crippen LogP contribution in [0.2, 0.25) is 0 Å². The van der Waals surface area contributed by atoms with Gasteiger partial charge in [-0.1, -0.05) is 24.3 Å². The molecule has 0 aliphatic carbocycles. The molecule has 0 fully saturated rings. The van der Waals surface area contributed by atoms with Gasteiger partial charge >= 0.3 is 6.03 Å². The molecule has 2 aliphatic heterocycles. The Morgan fingerprint density at radius 3 is 2.88 bits per heavy atom. The third-order valence-electron chi connectivity index (χ3n) is 4.41. The van der Waals surface area contributed by atoms with Crippen molar-refractivity contribution in [2.45, 2.75) is 13.0 Å². The predicted molar refractivity (Wildman–Crippen MR) is 92.0 cm³/mol. The molecule has 2 aliphatic rings. The topological polar surface area (TPSA) is 60.0 Å². The fraction of sp³-hybridized carbons (Fsp3) is 0.316. The molecule has 2 amide bonds. The van der Waals surface area contributed by atoms with E-state index in [4.69, 9.17) is 14.2 Å². The summed E-state index contributed by atoms with van der Waals surface area (Å²) in [7, 11) is 0. The molecule has 0 unspecified atom stereocenters. The van der Waals surface area contributed by atoms with Gasteiger partial charge in [0.2, 0.25) is 6.79 Å². The third-order valence-corrected chi connectivity index (χ3v) is 4.41. The van der Waals surface area contributed by atoms with Crippen LogP contribution in [-0.2, 0) is 13.0 Å². The number of benzene rings is 2. The number of amides is 2. The summed E-state index contributed by atoms with van der Waals surface area (Å²) in [6, 6.07) is 13.7. The van der Waals surface area contributed by atoms with Crippen LogP contribution in [0.4, 0.5) is 4.79 Å². The minimum Gasteiger partial charge on any atom is -0.492 e. The molecule has 25 heavy (non-hydrogen) atoms. The Morgan fingerprint density at radius 2 is 1.96 bits per heavy atom. The summed E-state index contributed by atoms with van der Waals surface area (Å²) in [6.07, 6.45) is 0.900. The van der Waals surface area contributed by atoms with E-state index in [2.05, 4.69) is 17.4 Å². The largest absolute Gasteiger partial charge is 0.492 e. The van der Waals surface area contributed by atoms with Gasteiger partial charge in [-0.2, -0.15) is 0 Å². The second-order valence-electron chi connectivity index (χ2n) is 6.04. The van der Waals surface area contributed by atoms with E-state index in [1.165, 1.54) is 11.1 Å². The highest BCUT2D eigenvalue weighted by Gasteiger charge is 2.20. The molecule has 0 atom stereocenters. The number of nitrogens with zero attached hydrogens (tertiary/aromatic N) is 1. The van der Waals surface area contributed by atoms with Crippen LogP contribution in [0.15, 0.2) is 42.5 Å². The molecule has 2 heterocycles. The van der Waals surface area contributed by atoms with Crippen LogP contribution in [0.5, 0.6) is 17.2 Å². The Morgan fingerprint density at radius 1 is 1.12 bits per heavy atom. The van der Waals surface area contributed by atoms with Crippen LogP contribution in [0.3, 0.4) is 0 Å². The number of ether oxygens (including phenoxy) is 3. The first kappa shape index (κ1) is 15.6. The predicted octanol–water partition coefficient (Wildman–Crippen LogP) is 2.56. The highest BCUT2D eigenvalue weighted by molar-refractivity contribution is 5.74. The number of urea groups is 1. The molecule has 0 saturated carbocycles. The molecule has 1 N–H and O–H groups in total. The lowest BCUT2D eigenvalue weighted by atomic mass is 10.0. The zero-order valence-corrected chi connectivity index (χ0v) is 13.9. The molecule has 130 valence electrons. The lowest BCUT2D eigenvalue weighted by Gasteiger charge is -2.28. The van der Waals surface area contributed by atoms with Crippen LogP contribution >= 0.6 is 0 Å². The number of carbonyl (C=O) groups is 1. The van der Waals surface area contributed by atoms with Crippen molar-refractivity contribution in [3.05, 3.63) is 53.6 Å². The SMILES string of the molecule is O=C(NCCOc1ccc2c(c1)OCO2)N1CCc2ccccc2C1. The average molecular weight is 340 g/mol. The van der Waals surface area contributed by atoms with Gasteiger partial charge in [0.15, 0.2) is 11.5 Å². The first-order valence-corrected chi connectivity index (χ1v) is 8.41. The van der Waals surface area contributed by atoms with E-state index in [0.717, 1.165) is 18.7 Å². The summed E-state index contributed by atoms with van der Waals surface area (Å²) in [6.45, 7) is 2.49. The van der Waals surface area contributed by atoms with Gasteiger partial charge in [-0.15, -0.1) is 0 Å². The van der Waals surface area contributed by atoms with Gasteiger partial charge in [-0.05, 0) is 29.7 Å². The highest BCUT2D eigenvalue weighted by Crippen LogP contribution is 2.34. The minimum absolute atomic E-state index is 0.0520. The van der Waals surface area contributed by atoms with Gasteiger partial charge in [0.25, 0.3) is 0 Å². The summed E-state index contributed by atoms with van der Waals surface area (Å²) >= 11 is 0. The number of nitrogens with one attached hydrogen (secondary N) is 1. The maximum absolute atomic E-state index is 12.3. The molecule has 0 bridgehead atoms. The van der Waals surface area contributed by atoms with E-state index >= 15 is 0 Å². The Kier molecular flexibility index (Phi) is 4.33. The zero-order valence-electron chi connectivity index (χ0n) is 13.9. The summed E-state index contributed by atoms with van der Waals surface area (Å²) < 4.78 is 16.2. The van der Waals surface area contributed by atoms with E-state index in [-0.39, 0.29) is 12.8 Å². The van der Waals surface area contributed by atoms with Crippen molar-refractivity contribution in [1.29, 1.82) is 0 Å². The van der Waals surface area contributed by atoms with E-state index in [1.807, 2.05) is 29.2 Å². The number of rotatable bonds is 4. The van der Waals surface area contributed by atoms with E-state index < -0.39 is 0 Å². The lowest BCUT2D eigenvalue weighted by Crippen LogP contribution is -2.43. The Hall–Kier alpha value is -2.89. The first-order valence-electron chi connectivity index (χ1n) is 8.41. The highest BCUT2D eigenvalue weighted by atomic mass is 16.7. The minimum atomic E-state index is -0.0520. The molecule has 6 heteroatoms. The van der Waals surface area contributed by atoms with Gasteiger partial charge in [0.05, 0.1) is 6.54 Å². The quantitative estimate of drug-likeness (QED) is 0.869. The summed E-state index contributed by atoms with van der Waals surface area (Å²) in [5.41, 5.74) is 2.55. The molecule has 2 aromatic rings. The third kappa shape index (κ3) is 3.47. The van der Waals surface area contributed by atoms with Crippen LogP contribution in [0.1, 0.15) is 11.1 Å². The zero-order chi connectivity index (χ0) is 17.1. The maximum Gasteiger partial charge on any atom is 0.317 e. The van der Waals surface area contributed by atoms with Gasteiger partial charge < -0.3 is 24.4 Å². The van der Waals surface area contributed by atoms with Crippen molar-refractivity contribution in [1.82, 2.24) is 10.2 Å². The van der Waals surface area contributed by atoms with Crippen molar-refractivity contribution in [3.8, 4) is 17.2 Å². The van der Waals surface area contributed by atoms with E-state index in [0.29, 0.717) is 31.2 Å². The second-order valence-corrected chi connectivity index (χ2v) is 6.04. The van der Waals surface area contributed by atoms with Gasteiger partial charge in [0.1, 0.15) is 12.4 Å². The molecule has 0 spiro atoms. The van der Waals surface area contributed by atoms with Gasteiger partial charge in [0, 0.05) is 19.2 Å². The number of hydrogen-bond donors (Lipinski definition) is 1. The standard InChI is InChI=1S/C19H20N2O4/c22-19(21-9-7-14-3-1-2-4-15(14)12-21)20-8-10-23-16-5-6-17-18(11-16)25-13-24-17/h1-6,11H,7-10,12-13H2,(H,20,22). The van der Waals surface area contributed by atoms with E-state index in [1.54, 1.807) is 6.07 Å². The average Bonchev–Trinajstić information content (AvgIpc) is 3.12. The van der Waals surface area contributed by atoms with E-state index in [9.17, 15) is 4.79 Å². The summed E-state index contributed by atoms with van der Waals surface area (Å²) in [5, 5.41) is 2.91. The Bertz CT molecular complexity index is 778. The fourth-order valence-electron chi connectivity index (χ4n) is 3.07. The fourth-order valence-corrected chi connectivity index (χ4v) is 3.07. The summed E-state index contributed by atoms with van der Waals surface area (Å²) in [5.74, 6) is 2.12. The van der Waals surface area contributed by atoms with Crippen molar-refractivity contribution in [3.63, 3.8) is 0 Å². The Balaban J connectivity index is 1.23. The summed E-state index contributed by atoms with van der Waals surface area (Å²) in [4.78, 5) is 14.1. The van der Waals surface area contributed by atoms with Gasteiger partial charge in [-0.3, -0.25) is 0 Å². The van der Waals surface area contributed by atoms with Gasteiger partial charge in [-0.25, -0.2) is 4.79 Å². The molecule has 0 radical (unpaired) electrons. The van der Waals surface area contributed by atoms with Crippen molar-refractivity contribution < 1.29 is 19.0 Å². The normalized spacial score (nSPS) is 14.8. The maximum atomic E-state index is 12.3. The Labute approximate surface area is 146 Å².